The SMILES string of the molecule is NNC(=O)Cc1c([N+](=O)[O-])n[nH]c1[N+](=O)[O-]. The number of nitro groups is 2. The number of hydrazine groups is 1. The monoisotopic (exact) mass is 230 g/mol. The lowest BCUT2D eigenvalue weighted by molar-refractivity contribution is -0.395. The van der Waals surface area contributed by atoms with Crippen molar-refractivity contribution in [3.8, 4) is 0 Å². The molecule has 0 radical (unpaired) electrons. The zero-order valence-electron chi connectivity index (χ0n) is 7.67. The molecule has 4 N–H and O–H groups in total. The predicted octanol–water partition coefficient (Wildman–Crippen LogP) is -1.24. The van der Waals surface area contributed by atoms with Crippen molar-refractivity contribution in [1.82, 2.24) is 15.6 Å². The van der Waals surface area contributed by atoms with Crippen LogP contribution in [0.2, 0.25) is 0 Å². The van der Waals surface area contributed by atoms with Gasteiger partial charge in [-0.3, -0.25) is 10.2 Å². The summed E-state index contributed by atoms with van der Waals surface area (Å²) < 4.78 is 0. The van der Waals surface area contributed by atoms with Crippen molar-refractivity contribution in [3.05, 3.63) is 25.8 Å². The summed E-state index contributed by atoms with van der Waals surface area (Å²) in [6.07, 6.45) is -0.598. The molecule has 1 heterocycles. The molecular formula is C5H6N6O5. The minimum absolute atomic E-state index is 0.419. The van der Waals surface area contributed by atoms with Gasteiger partial charge in [-0.25, -0.2) is 5.84 Å². The lowest BCUT2D eigenvalue weighted by atomic mass is 10.2. The fourth-order valence-corrected chi connectivity index (χ4v) is 1.02. The third-order valence-electron chi connectivity index (χ3n) is 1.68. The van der Waals surface area contributed by atoms with E-state index in [4.69, 9.17) is 5.84 Å². The first-order chi connectivity index (χ1) is 7.47. The molecule has 16 heavy (non-hydrogen) atoms. The van der Waals surface area contributed by atoms with E-state index in [-0.39, 0.29) is 0 Å². The van der Waals surface area contributed by atoms with Crippen LogP contribution in [-0.2, 0) is 11.2 Å². The number of amides is 1. The Labute approximate surface area is 86.9 Å². The quantitative estimate of drug-likeness (QED) is 0.251. The van der Waals surface area contributed by atoms with Crippen LogP contribution in [0.3, 0.4) is 0 Å². The van der Waals surface area contributed by atoms with E-state index in [1.165, 1.54) is 0 Å². The van der Waals surface area contributed by atoms with Crippen molar-refractivity contribution in [2.24, 2.45) is 5.84 Å². The Morgan fingerprint density at radius 2 is 2.06 bits per heavy atom. The minimum atomic E-state index is -0.928. The molecule has 0 fully saturated rings. The first-order valence-electron chi connectivity index (χ1n) is 3.82. The number of rotatable bonds is 4. The maximum atomic E-state index is 10.9. The van der Waals surface area contributed by atoms with Gasteiger partial charge in [0.1, 0.15) is 5.10 Å². The second kappa shape index (κ2) is 4.31. The number of hydrogen-bond acceptors (Lipinski definition) is 7. The van der Waals surface area contributed by atoms with E-state index in [0.717, 1.165) is 0 Å². The Balaban J connectivity index is 3.19. The number of aromatic nitrogens is 2. The van der Waals surface area contributed by atoms with E-state index < -0.39 is 39.4 Å². The van der Waals surface area contributed by atoms with E-state index in [0.29, 0.717) is 0 Å². The summed E-state index contributed by atoms with van der Waals surface area (Å²) in [5.74, 6) is 2.51. The molecule has 0 aliphatic heterocycles. The highest BCUT2D eigenvalue weighted by atomic mass is 16.6. The molecule has 0 aromatic carbocycles. The summed E-state index contributed by atoms with van der Waals surface area (Å²) in [7, 11) is 0. The predicted molar refractivity (Wildman–Crippen MR) is 47.9 cm³/mol. The van der Waals surface area contributed by atoms with Gasteiger partial charge in [0.2, 0.25) is 5.91 Å². The van der Waals surface area contributed by atoms with Crippen molar-refractivity contribution in [1.29, 1.82) is 0 Å². The van der Waals surface area contributed by atoms with Crippen LogP contribution < -0.4 is 11.3 Å². The van der Waals surface area contributed by atoms with Gasteiger partial charge in [-0.15, -0.1) is 0 Å². The molecule has 0 saturated heterocycles. The number of carbonyl (C=O) groups is 1. The molecule has 86 valence electrons. The number of H-pyrrole nitrogens is 1. The van der Waals surface area contributed by atoms with E-state index in [9.17, 15) is 25.0 Å². The van der Waals surface area contributed by atoms with Gasteiger partial charge < -0.3 is 20.2 Å². The highest BCUT2D eigenvalue weighted by molar-refractivity contribution is 5.80. The lowest BCUT2D eigenvalue weighted by Gasteiger charge is -1.97. The zero-order chi connectivity index (χ0) is 12.3. The van der Waals surface area contributed by atoms with Crippen LogP contribution in [-0.4, -0.2) is 26.0 Å². The standard InChI is InChI=1S/C5H6N6O5/c6-7-3(12)1-2-4(10(13)14)8-9-5(2)11(15)16/h1,6H2,(H,7,12)(H,8,9). The Kier molecular flexibility index (Phi) is 3.10. The molecule has 0 saturated carbocycles. The van der Waals surface area contributed by atoms with E-state index >= 15 is 0 Å². The summed E-state index contributed by atoms with van der Waals surface area (Å²) >= 11 is 0. The molecule has 1 amide bonds. The van der Waals surface area contributed by atoms with Crippen LogP contribution in [0.1, 0.15) is 5.56 Å². The van der Waals surface area contributed by atoms with E-state index in [2.05, 4.69) is 5.10 Å². The zero-order valence-corrected chi connectivity index (χ0v) is 7.67. The Hall–Kier alpha value is -2.56. The topological polar surface area (TPSA) is 170 Å². The summed E-state index contributed by atoms with van der Waals surface area (Å²) in [6, 6.07) is 0. The molecule has 11 heteroatoms. The molecule has 11 nitrogen and oxygen atoms in total. The van der Waals surface area contributed by atoms with Gasteiger partial charge in [-0.05, 0) is 14.9 Å². The third-order valence-corrected chi connectivity index (χ3v) is 1.68. The van der Waals surface area contributed by atoms with E-state index in [1.807, 2.05) is 5.10 Å². The second-order valence-corrected chi connectivity index (χ2v) is 2.63. The van der Waals surface area contributed by atoms with Gasteiger partial charge >= 0.3 is 11.6 Å². The summed E-state index contributed by atoms with van der Waals surface area (Å²) in [4.78, 5) is 30.0. The molecule has 1 rings (SSSR count). The summed E-state index contributed by atoms with van der Waals surface area (Å²) in [5.41, 5.74) is 1.29. The summed E-state index contributed by atoms with van der Waals surface area (Å²) in [5, 5.41) is 26.0. The number of nitrogens with two attached hydrogens (primary N) is 1. The van der Waals surface area contributed by atoms with Crippen molar-refractivity contribution in [2.75, 3.05) is 0 Å². The minimum Gasteiger partial charge on any atom is -0.358 e. The smallest absolute Gasteiger partial charge is 0.358 e. The highest BCUT2D eigenvalue weighted by Crippen LogP contribution is 2.25. The molecule has 0 bridgehead atoms. The maximum absolute atomic E-state index is 10.9. The highest BCUT2D eigenvalue weighted by Gasteiger charge is 2.32. The molecule has 1 aromatic heterocycles. The van der Waals surface area contributed by atoms with E-state index in [1.54, 1.807) is 5.43 Å². The van der Waals surface area contributed by atoms with Gasteiger partial charge in [-0.1, -0.05) is 0 Å². The Morgan fingerprint density at radius 1 is 1.44 bits per heavy atom. The third kappa shape index (κ3) is 2.09. The van der Waals surface area contributed by atoms with Crippen LogP contribution in [0.4, 0.5) is 11.6 Å². The summed E-state index contributed by atoms with van der Waals surface area (Å²) in [6.45, 7) is 0. The van der Waals surface area contributed by atoms with Gasteiger partial charge in [0.05, 0.1) is 6.42 Å². The lowest BCUT2D eigenvalue weighted by Crippen LogP contribution is -2.31. The second-order valence-electron chi connectivity index (χ2n) is 2.63. The Bertz CT molecular complexity index is 421. The maximum Gasteiger partial charge on any atom is 0.423 e. The molecule has 0 aliphatic carbocycles. The van der Waals surface area contributed by atoms with Crippen molar-refractivity contribution in [3.63, 3.8) is 0 Å². The average molecular weight is 230 g/mol. The van der Waals surface area contributed by atoms with Crippen molar-refractivity contribution < 1.29 is 14.6 Å². The number of nitrogens with zero attached hydrogens (tertiary/aromatic N) is 3. The first kappa shape index (κ1) is 11.5. The number of nitrogens with one attached hydrogen (secondary N) is 2. The van der Waals surface area contributed by atoms with Gasteiger partial charge in [0, 0.05) is 0 Å². The van der Waals surface area contributed by atoms with Crippen molar-refractivity contribution >= 4 is 17.5 Å². The van der Waals surface area contributed by atoms with Crippen molar-refractivity contribution in [2.45, 2.75) is 6.42 Å². The van der Waals surface area contributed by atoms with Crippen LogP contribution in [0, 0.1) is 20.2 Å². The number of carbonyl (C=O) groups excluding carboxylic acids is 1. The van der Waals surface area contributed by atoms with Crippen LogP contribution in [0.25, 0.3) is 0 Å². The van der Waals surface area contributed by atoms with Gasteiger partial charge in [0.15, 0.2) is 5.56 Å². The fourth-order valence-electron chi connectivity index (χ4n) is 1.02. The number of hydrogen-bond donors (Lipinski definition) is 3. The first-order valence-corrected chi connectivity index (χ1v) is 3.82. The molecule has 0 unspecified atom stereocenters. The molecule has 0 atom stereocenters. The fraction of sp³-hybridized carbons (Fsp3) is 0.200. The van der Waals surface area contributed by atoms with Gasteiger partial charge in [0.25, 0.3) is 0 Å². The molecule has 0 aliphatic rings. The molecular weight excluding hydrogens is 224 g/mol. The average Bonchev–Trinajstić information content (AvgIpc) is 2.61. The van der Waals surface area contributed by atoms with Crippen LogP contribution in [0.15, 0.2) is 0 Å². The Morgan fingerprint density at radius 3 is 2.50 bits per heavy atom. The molecule has 1 aromatic rings. The normalized spacial score (nSPS) is 9.81. The van der Waals surface area contributed by atoms with Crippen LogP contribution in [0.5, 0.6) is 0 Å². The molecule has 0 spiro atoms. The number of aromatic amines is 1. The largest absolute Gasteiger partial charge is 0.423 e. The van der Waals surface area contributed by atoms with Gasteiger partial charge in [-0.2, -0.15) is 0 Å². The van der Waals surface area contributed by atoms with Crippen LogP contribution >= 0.6 is 0 Å².